The van der Waals surface area contributed by atoms with E-state index in [2.05, 4.69) is 60.4 Å². The summed E-state index contributed by atoms with van der Waals surface area (Å²) in [4.78, 5) is 2.35. The molecule has 0 aromatic heterocycles. The molecule has 0 aliphatic carbocycles. The van der Waals surface area contributed by atoms with Crippen LogP contribution in [0.3, 0.4) is 0 Å². The summed E-state index contributed by atoms with van der Waals surface area (Å²) in [5, 5.41) is 9.61. The maximum absolute atomic E-state index is 9.61. The van der Waals surface area contributed by atoms with Gasteiger partial charge in [0.25, 0.3) is 0 Å². The molecular weight excluding hydrogens is 246 g/mol. The Balaban J connectivity index is 2.12. The summed E-state index contributed by atoms with van der Waals surface area (Å²) >= 11 is 0. The van der Waals surface area contributed by atoms with Crippen LogP contribution >= 0.6 is 0 Å². The fourth-order valence-corrected chi connectivity index (χ4v) is 2.45. The van der Waals surface area contributed by atoms with Gasteiger partial charge in [-0.05, 0) is 17.5 Å². The second kappa shape index (κ2) is 7.83. The summed E-state index contributed by atoms with van der Waals surface area (Å²) in [6, 6.07) is 21.1. The molecule has 20 heavy (non-hydrogen) atoms. The second-order valence-electron chi connectivity index (χ2n) is 5.12. The van der Waals surface area contributed by atoms with E-state index in [9.17, 15) is 5.11 Å². The molecular formula is C18H23NO. The molecule has 2 nitrogen and oxygen atoms in total. The maximum Gasteiger partial charge on any atom is 0.0587 e. The van der Waals surface area contributed by atoms with Crippen LogP contribution in [0.1, 0.15) is 24.5 Å². The first-order valence-corrected chi connectivity index (χ1v) is 7.26. The van der Waals surface area contributed by atoms with Crippen LogP contribution in [0.4, 0.5) is 0 Å². The molecule has 1 unspecified atom stereocenters. The number of benzene rings is 2. The molecule has 0 heterocycles. The molecule has 1 atom stereocenters. The van der Waals surface area contributed by atoms with Crippen molar-refractivity contribution in [2.45, 2.75) is 32.5 Å². The normalized spacial score (nSPS) is 12.6. The van der Waals surface area contributed by atoms with Gasteiger partial charge in [0.05, 0.1) is 6.61 Å². The van der Waals surface area contributed by atoms with Gasteiger partial charge in [-0.25, -0.2) is 0 Å². The first-order valence-electron chi connectivity index (χ1n) is 7.26. The predicted molar refractivity (Wildman–Crippen MR) is 83.3 cm³/mol. The van der Waals surface area contributed by atoms with Gasteiger partial charge in [0, 0.05) is 19.1 Å². The molecule has 0 saturated carbocycles. The molecule has 0 radical (unpaired) electrons. The maximum atomic E-state index is 9.61. The summed E-state index contributed by atoms with van der Waals surface area (Å²) in [7, 11) is 0. The lowest BCUT2D eigenvalue weighted by atomic mass is 10.1. The standard InChI is InChI=1S/C18H23NO/c1-2-18(15-20)19(13-16-9-5-3-6-10-16)14-17-11-7-4-8-12-17/h3-12,18,20H,2,13-15H2,1H3. The van der Waals surface area contributed by atoms with Crippen LogP contribution < -0.4 is 0 Å². The van der Waals surface area contributed by atoms with E-state index in [0.29, 0.717) is 0 Å². The van der Waals surface area contributed by atoms with E-state index in [0.717, 1.165) is 19.5 Å². The highest BCUT2D eigenvalue weighted by Gasteiger charge is 2.16. The van der Waals surface area contributed by atoms with Gasteiger partial charge in [0.2, 0.25) is 0 Å². The topological polar surface area (TPSA) is 23.5 Å². The average molecular weight is 269 g/mol. The van der Waals surface area contributed by atoms with Crippen LogP contribution in [0.25, 0.3) is 0 Å². The van der Waals surface area contributed by atoms with Gasteiger partial charge in [-0.15, -0.1) is 0 Å². The van der Waals surface area contributed by atoms with Crippen LogP contribution in [0.15, 0.2) is 60.7 Å². The average Bonchev–Trinajstić information content (AvgIpc) is 2.50. The van der Waals surface area contributed by atoms with Crippen molar-refractivity contribution >= 4 is 0 Å². The number of nitrogens with zero attached hydrogens (tertiary/aromatic N) is 1. The van der Waals surface area contributed by atoms with Crippen LogP contribution in [-0.4, -0.2) is 22.7 Å². The Hall–Kier alpha value is -1.64. The Labute approximate surface area is 121 Å². The lowest BCUT2D eigenvalue weighted by molar-refractivity contribution is 0.107. The monoisotopic (exact) mass is 269 g/mol. The summed E-state index contributed by atoms with van der Waals surface area (Å²) in [6.07, 6.45) is 0.955. The minimum atomic E-state index is 0.204. The van der Waals surface area contributed by atoms with Gasteiger partial charge in [0.15, 0.2) is 0 Å². The van der Waals surface area contributed by atoms with Gasteiger partial charge in [0.1, 0.15) is 0 Å². The molecule has 0 aliphatic heterocycles. The number of aliphatic hydroxyl groups excluding tert-OH is 1. The number of aliphatic hydroxyl groups is 1. The fraction of sp³-hybridized carbons (Fsp3) is 0.333. The third-order valence-electron chi connectivity index (χ3n) is 3.66. The Morgan fingerprint density at radius 2 is 1.30 bits per heavy atom. The molecule has 0 fully saturated rings. The third-order valence-corrected chi connectivity index (χ3v) is 3.66. The van der Waals surface area contributed by atoms with Gasteiger partial charge in [-0.1, -0.05) is 67.6 Å². The highest BCUT2D eigenvalue weighted by atomic mass is 16.3. The van der Waals surface area contributed by atoms with Crippen LogP contribution in [-0.2, 0) is 13.1 Å². The number of hydrogen-bond acceptors (Lipinski definition) is 2. The fourth-order valence-electron chi connectivity index (χ4n) is 2.45. The number of hydrogen-bond donors (Lipinski definition) is 1. The zero-order chi connectivity index (χ0) is 14.2. The van der Waals surface area contributed by atoms with Crippen molar-refractivity contribution in [1.82, 2.24) is 4.90 Å². The van der Waals surface area contributed by atoms with Crippen molar-refractivity contribution in [1.29, 1.82) is 0 Å². The van der Waals surface area contributed by atoms with Crippen molar-refractivity contribution in [3.8, 4) is 0 Å². The zero-order valence-electron chi connectivity index (χ0n) is 12.1. The molecule has 2 aromatic carbocycles. The largest absolute Gasteiger partial charge is 0.395 e. The summed E-state index contributed by atoms with van der Waals surface area (Å²) in [5.41, 5.74) is 2.57. The zero-order valence-corrected chi connectivity index (χ0v) is 12.1. The Morgan fingerprint density at radius 1 is 0.850 bits per heavy atom. The molecule has 0 spiro atoms. The van der Waals surface area contributed by atoms with Crippen molar-refractivity contribution in [3.05, 3.63) is 71.8 Å². The summed E-state index contributed by atoms with van der Waals surface area (Å²) in [6.45, 7) is 4.07. The van der Waals surface area contributed by atoms with Gasteiger partial charge in [-0.3, -0.25) is 4.90 Å². The van der Waals surface area contributed by atoms with Crippen molar-refractivity contribution in [2.24, 2.45) is 0 Å². The Bertz CT molecular complexity index is 438. The molecule has 2 rings (SSSR count). The molecule has 2 heteroatoms. The molecule has 0 amide bonds. The molecule has 106 valence electrons. The smallest absolute Gasteiger partial charge is 0.0587 e. The quantitative estimate of drug-likeness (QED) is 0.832. The predicted octanol–water partition coefficient (Wildman–Crippen LogP) is 3.46. The minimum absolute atomic E-state index is 0.204. The molecule has 0 bridgehead atoms. The van der Waals surface area contributed by atoms with E-state index >= 15 is 0 Å². The van der Waals surface area contributed by atoms with Crippen molar-refractivity contribution < 1.29 is 5.11 Å². The minimum Gasteiger partial charge on any atom is -0.395 e. The summed E-state index contributed by atoms with van der Waals surface area (Å²) < 4.78 is 0. The number of rotatable bonds is 7. The lowest BCUT2D eigenvalue weighted by Crippen LogP contribution is -2.36. The Morgan fingerprint density at radius 3 is 1.65 bits per heavy atom. The lowest BCUT2D eigenvalue weighted by Gasteiger charge is -2.30. The van der Waals surface area contributed by atoms with E-state index in [1.807, 2.05) is 12.1 Å². The highest BCUT2D eigenvalue weighted by Crippen LogP contribution is 2.15. The second-order valence-corrected chi connectivity index (χ2v) is 5.12. The van der Waals surface area contributed by atoms with Gasteiger partial charge >= 0.3 is 0 Å². The van der Waals surface area contributed by atoms with E-state index < -0.39 is 0 Å². The molecule has 1 N–H and O–H groups in total. The summed E-state index contributed by atoms with van der Waals surface area (Å²) in [5.74, 6) is 0. The van der Waals surface area contributed by atoms with Crippen LogP contribution in [0.5, 0.6) is 0 Å². The third kappa shape index (κ3) is 4.19. The first kappa shape index (κ1) is 14.8. The first-order chi connectivity index (χ1) is 9.83. The van der Waals surface area contributed by atoms with E-state index in [1.165, 1.54) is 11.1 Å². The SMILES string of the molecule is CCC(CO)N(Cc1ccccc1)Cc1ccccc1. The Kier molecular flexibility index (Phi) is 5.78. The van der Waals surface area contributed by atoms with E-state index in [4.69, 9.17) is 0 Å². The molecule has 0 aliphatic rings. The van der Waals surface area contributed by atoms with E-state index in [-0.39, 0.29) is 12.6 Å². The van der Waals surface area contributed by atoms with Crippen LogP contribution in [0, 0.1) is 0 Å². The van der Waals surface area contributed by atoms with Gasteiger partial charge in [-0.2, -0.15) is 0 Å². The van der Waals surface area contributed by atoms with Crippen molar-refractivity contribution in [2.75, 3.05) is 6.61 Å². The van der Waals surface area contributed by atoms with Gasteiger partial charge < -0.3 is 5.11 Å². The van der Waals surface area contributed by atoms with Crippen molar-refractivity contribution in [3.63, 3.8) is 0 Å². The van der Waals surface area contributed by atoms with Crippen LogP contribution in [0.2, 0.25) is 0 Å². The molecule has 2 aromatic rings. The molecule has 0 saturated heterocycles. The highest BCUT2D eigenvalue weighted by molar-refractivity contribution is 5.17. The van der Waals surface area contributed by atoms with E-state index in [1.54, 1.807) is 0 Å².